The maximum Gasteiger partial charge on any atom is 0.238 e. The molecule has 0 bridgehead atoms. The van der Waals surface area contributed by atoms with Gasteiger partial charge in [-0.25, -0.2) is 4.98 Å². The molecule has 0 atom stereocenters. The first-order valence-electron chi connectivity index (χ1n) is 20.9. The Balaban J connectivity index is 0.967. The summed E-state index contributed by atoms with van der Waals surface area (Å²) in [5.74, 6) is 1.85. The summed E-state index contributed by atoms with van der Waals surface area (Å²) in [4.78, 5) is 15.2. The first-order chi connectivity index (χ1) is 30.7. The predicted octanol–water partition coefficient (Wildman–Crippen LogP) is 14.4. The first-order valence-corrected chi connectivity index (χ1v) is 20.9. The highest BCUT2D eigenvalue weighted by atomic mass is 15.2. The summed E-state index contributed by atoms with van der Waals surface area (Å²) in [5, 5.41) is 4.72. The fraction of sp³-hybridized carbons (Fsp3) is 0. The molecule has 0 N–H and O–H groups in total. The highest BCUT2D eigenvalue weighted by Gasteiger charge is 2.19. The van der Waals surface area contributed by atoms with Crippen LogP contribution in [0.1, 0.15) is 0 Å². The van der Waals surface area contributed by atoms with Crippen molar-refractivity contribution in [2.45, 2.75) is 0 Å². The summed E-state index contributed by atoms with van der Waals surface area (Å²) >= 11 is 0. The zero-order chi connectivity index (χ0) is 41.0. The van der Waals surface area contributed by atoms with Crippen LogP contribution in [0, 0.1) is 0 Å². The van der Waals surface area contributed by atoms with Gasteiger partial charge < -0.3 is 4.57 Å². The zero-order valence-electron chi connectivity index (χ0n) is 33.6. The molecule has 0 saturated carbocycles. The molecule has 9 aromatic carbocycles. The van der Waals surface area contributed by atoms with Gasteiger partial charge in [0.05, 0.1) is 22.1 Å². The van der Waals surface area contributed by atoms with Gasteiger partial charge in [0.25, 0.3) is 0 Å². The second kappa shape index (κ2) is 14.7. The Kier molecular flexibility index (Phi) is 8.42. The zero-order valence-corrected chi connectivity index (χ0v) is 33.6. The standard InChI is InChI=1S/C57H37N5/c1-4-14-38(15-5-1)39-24-26-40(27-25-39)41-28-32-46(33-29-41)61-51-22-12-10-20-47(51)49-34-30-45(37-54(49)61)44-31-35-53-50(36-44)48-21-11-13-23-52(48)62(53)57-59-55(42-16-6-2-7-17-42)58-56(60-57)43-18-8-3-9-19-43/h1-37H. The van der Waals surface area contributed by atoms with Crippen LogP contribution in [0.25, 0.3) is 111 Å². The summed E-state index contributed by atoms with van der Waals surface area (Å²) < 4.78 is 4.58. The van der Waals surface area contributed by atoms with E-state index in [1.165, 1.54) is 44.1 Å². The molecule has 0 fully saturated rings. The van der Waals surface area contributed by atoms with Gasteiger partial charge in [-0.2, -0.15) is 9.97 Å². The summed E-state index contributed by atoms with van der Waals surface area (Å²) in [7, 11) is 0. The van der Waals surface area contributed by atoms with Crippen LogP contribution in [0.5, 0.6) is 0 Å². The van der Waals surface area contributed by atoms with Crippen molar-refractivity contribution >= 4 is 43.6 Å². The molecule has 0 aliphatic rings. The Labute approximate surface area is 358 Å². The van der Waals surface area contributed by atoms with Gasteiger partial charge in [0.15, 0.2) is 11.6 Å². The van der Waals surface area contributed by atoms with Crippen LogP contribution < -0.4 is 0 Å². The Hall–Kier alpha value is -8.41. The third-order valence-corrected chi connectivity index (χ3v) is 12.0. The number of nitrogens with zero attached hydrogens (tertiary/aromatic N) is 5. The second-order valence-corrected chi connectivity index (χ2v) is 15.7. The van der Waals surface area contributed by atoms with Crippen LogP contribution >= 0.6 is 0 Å². The lowest BCUT2D eigenvalue weighted by Gasteiger charge is -2.11. The Morgan fingerprint density at radius 1 is 0.242 bits per heavy atom. The van der Waals surface area contributed by atoms with Crippen molar-refractivity contribution in [1.82, 2.24) is 24.1 Å². The monoisotopic (exact) mass is 791 g/mol. The normalized spacial score (nSPS) is 11.5. The Morgan fingerprint density at radius 2 is 0.645 bits per heavy atom. The van der Waals surface area contributed by atoms with Crippen molar-refractivity contribution < 1.29 is 0 Å². The Morgan fingerprint density at radius 3 is 1.24 bits per heavy atom. The van der Waals surface area contributed by atoms with Gasteiger partial charge in [-0.15, -0.1) is 0 Å². The fourth-order valence-electron chi connectivity index (χ4n) is 8.98. The van der Waals surface area contributed by atoms with E-state index in [0.29, 0.717) is 17.6 Å². The van der Waals surface area contributed by atoms with E-state index in [2.05, 4.69) is 173 Å². The molecule has 0 saturated heterocycles. The largest absolute Gasteiger partial charge is 0.309 e. The van der Waals surface area contributed by atoms with Crippen LogP contribution in [0.15, 0.2) is 224 Å². The van der Waals surface area contributed by atoms with Crippen molar-refractivity contribution in [3.8, 4) is 67.8 Å². The molecule has 62 heavy (non-hydrogen) atoms. The molecule has 3 aromatic heterocycles. The van der Waals surface area contributed by atoms with Crippen LogP contribution in [-0.2, 0) is 0 Å². The minimum atomic E-state index is 0.581. The van der Waals surface area contributed by atoms with E-state index >= 15 is 0 Å². The third kappa shape index (κ3) is 6.06. The SMILES string of the molecule is c1ccc(-c2ccc(-c3ccc(-n4c5ccccc5c5ccc(-c6ccc7c(c6)c6ccccc6n7-c6nc(-c7ccccc7)nc(-c7ccccc7)n6)cc54)cc3)cc2)cc1. The highest BCUT2D eigenvalue weighted by Crippen LogP contribution is 2.39. The van der Waals surface area contributed by atoms with Crippen LogP contribution in [0.4, 0.5) is 0 Å². The molecule has 0 unspecified atom stereocenters. The van der Waals surface area contributed by atoms with E-state index in [1.54, 1.807) is 0 Å². The van der Waals surface area contributed by atoms with E-state index in [-0.39, 0.29) is 0 Å². The molecule has 0 amide bonds. The van der Waals surface area contributed by atoms with Gasteiger partial charge in [-0.1, -0.05) is 182 Å². The number of fused-ring (bicyclic) bond motifs is 6. The molecule has 3 heterocycles. The van der Waals surface area contributed by atoms with E-state index < -0.39 is 0 Å². The van der Waals surface area contributed by atoms with Gasteiger partial charge >= 0.3 is 0 Å². The maximum absolute atomic E-state index is 5.12. The lowest BCUT2D eigenvalue weighted by molar-refractivity contribution is 0.953. The number of aromatic nitrogens is 5. The van der Waals surface area contributed by atoms with Crippen molar-refractivity contribution in [1.29, 1.82) is 0 Å². The minimum absolute atomic E-state index is 0.581. The predicted molar refractivity (Wildman–Crippen MR) is 256 cm³/mol. The van der Waals surface area contributed by atoms with E-state index in [4.69, 9.17) is 15.0 Å². The van der Waals surface area contributed by atoms with E-state index in [9.17, 15) is 0 Å². The molecule has 12 aromatic rings. The molecule has 12 rings (SSSR count). The van der Waals surface area contributed by atoms with Gasteiger partial charge in [0, 0.05) is 38.4 Å². The molecule has 5 nitrogen and oxygen atoms in total. The number of benzene rings is 9. The molecule has 290 valence electrons. The number of hydrogen-bond acceptors (Lipinski definition) is 3. The van der Waals surface area contributed by atoms with Gasteiger partial charge in [-0.3, -0.25) is 4.57 Å². The van der Waals surface area contributed by atoms with Crippen LogP contribution in [0.2, 0.25) is 0 Å². The van der Waals surface area contributed by atoms with E-state index in [0.717, 1.165) is 49.7 Å². The number of rotatable bonds is 7. The topological polar surface area (TPSA) is 48.5 Å². The molecular formula is C57H37N5. The lowest BCUT2D eigenvalue weighted by atomic mass is 10.00. The van der Waals surface area contributed by atoms with Crippen molar-refractivity contribution in [3.05, 3.63) is 224 Å². The summed E-state index contributed by atoms with van der Waals surface area (Å²) in [6.07, 6.45) is 0. The smallest absolute Gasteiger partial charge is 0.238 e. The summed E-state index contributed by atoms with van der Waals surface area (Å²) in [6, 6.07) is 79.5. The molecule has 0 aliphatic heterocycles. The number of hydrogen-bond donors (Lipinski definition) is 0. The van der Waals surface area contributed by atoms with E-state index in [1.807, 2.05) is 60.7 Å². The molecular weight excluding hydrogens is 755 g/mol. The quantitative estimate of drug-likeness (QED) is 0.162. The van der Waals surface area contributed by atoms with Gasteiger partial charge in [-0.05, 0) is 75.8 Å². The van der Waals surface area contributed by atoms with Crippen molar-refractivity contribution in [3.63, 3.8) is 0 Å². The molecule has 0 spiro atoms. The third-order valence-electron chi connectivity index (χ3n) is 12.0. The van der Waals surface area contributed by atoms with Crippen LogP contribution in [0.3, 0.4) is 0 Å². The second-order valence-electron chi connectivity index (χ2n) is 15.7. The maximum atomic E-state index is 5.12. The summed E-state index contributed by atoms with van der Waals surface area (Å²) in [5.41, 5.74) is 14.5. The first kappa shape index (κ1) is 35.5. The number of para-hydroxylation sites is 2. The van der Waals surface area contributed by atoms with Crippen LogP contribution in [-0.4, -0.2) is 24.1 Å². The van der Waals surface area contributed by atoms with Crippen molar-refractivity contribution in [2.24, 2.45) is 0 Å². The van der Waals surface area contributed by atoms with Gasteiger partial charge in [0.1, 0.15) is 0 Å². The average Bonchev–Trinajstić information content (AvgIpc) is 3.87. The van der Waals surface area contributed by atoms with Crippen molar-refractivity contribution in [2.75, 3.05) is 0 Å². The molecule has 5 heteroatoms. The Bertz CT molecular complexity index is 3530. The highest BCUT2D eigenvalue weighted by molar-refractivity contribution is 6.12. The fourth-order valence-corrected chi connectivity index (χ4v) is 8.98. The lowest BCUT2D eigenvalue weighted by Crippen LogP contribution is -2.06. The summed E-state index contributed by atoms with van der Waals surface area (Å²) in [6.45, 7) is 0. The molecule has 0 aliphatic carbocycles. The molecule has 0 radical (unpaired) electrons. The average molecular weight is 792 g/mol. The van der Waals surface area contributed by atoms with Gasteiger partial charge in [0.2, 0.25) is 5.95 Å². The minimum Gasteiger partial charge on any atom is -0.309 e.